The van der Waals surface area contributed by atoms with Crippen molar-refractivity contribution in [3.05, 3.63) is 29.3 Å². The first-order chi connectivity index (χ1) is 14.0. The second-order valence-electron chi connectivity index (χ2n) is 8.31. The molecule has 0 saturated carbocycles. The number of hydrogen-bond acceptors (Lipinski definition) is 4. The van der Waals surface area contributed by atoms with Crippen LogP contribution in [0.4, 0.5) is 0 Å². The van der Waals surface area contributed by atoms with Crippen LogP contribution in [0, 0.1) is 6.92 Å². The van der Waals surface area contributed by atoms with Crippen LogP contribution >= 0.6 is 0 Å². The molecule has 0 spiro atoms. The fraction of sp³-hybridized carbons (Fsp3) is 0.682. The van der Waals surface area contributed by atoms with Crippen molar-refractivity contribution in [1.82, 2.24) is 14.5 Å². The smallest absolute Gasteiger partial charge is 0.251 e. The Bertz CT molecular complexity index is 780. The Balaban J connectivity index is 1.60. The largest absolute Gasteiger partial charge is 0.352 e. The number of aryl methyl sites for hydroxylation is 1. The predicted molar refractivity (Wildman–Crippen MR) is 116 cm³/mol. The topological polar surface area (TPSA) is 69.7 Å². The van der Waals surface area contributed by atoms with Gasteiger partial charge >= 0.3 is 0 Å². The minimum absolute atomic E-state index is 0.186. The first-order valence-electron chi connectivity index (χ1n) is 11.1. The van der Waals surface area contributed by atoms with E-state index in [4.69, 9.17) is 0 Å². The van der Waals surface area contributed by atoms with Gasteiger partial charge in [-0.1, -0.05) is 25.3 Å². The summed E-state index contributed by atoms with van der Waals surface area (Å²) in [7, 11) is -3.55. The van der Waals surface area contributed by atoms with E-state index < -0.39 is 10.0 Å². The first kappa shape index (κ1) is 22.2. The molecule has 0 aliphatic carbocycles. The van der Waals surface area contributed by atoms with Gasteiger partial charge in [0.25, 0.3) is 5.91 Å². The van der Waals surface area contributed by atoms with Crippen molar-refractivity contribution in [2.45, 2.75) is 63.2 Å². The fourth-order valence-corrected chi connectivity index (χ4v) is 5.76. The van der Waals surface area contributed by atoms with Crippen molar-refractivity contribution in [2.24, 2.45) is 0 Å². The molecule has 0 bridgehead atoms. The molecule has 1 aromatic carbocycles. The van der Waals surface area contributed by atoms with E-state index in [-0.39, 0.29) is 10.8 Å². The number of benzene rings is 1. The molecule has 2 aliphatic rings. The molecule has 0 aromatic heterocycles. The highest BCUT2D eigenvalue weighted by Crippen LogP contribution is 2.22. The maximum absolute atomic E-state index is 13.1. The third-order valence-corrected chi connectivity index (χ3v) is 7.94. The lowest BCUT2D eigenvalue weighted by molar-refractivity contribution is 0.0950. The lowest BCUT2D eigenvalue weighted by atomic mass is 10.1. The summed E-state index contributed by atoms with van der Waals surface area (Å²) in [5, 5.41) is 2.97. The third-order valence-electron chi connectivity index (χ3n) is 6.04. The molecule has 1 aromatic rings. The molecule has 0 unspecified atom stereocenters. The van der Waals surface area contributed by atoms with Crippen LogP contribution in [0.15, 0.2) is 23.1 Å². The molecule has 6 nitrogen and oxygen atoms in total. The number of nitrogens with zero attached hydrogens (tertiary/aromatic N) is 2. The number of hydrogen-bond donors (Lipinski definition) is 1. The van der Waals surface area contributed by atoms with Gasteiger partial charge in [-0.2, -0.15) is 4.31 Å². The van der Waals surface area contributed by atoms with Gasteiger partial charge in [0.2, 0.25) is 10.0 Å². The van der Waals surface area contributed by atoms with Crippen molar-refractivity contribution in [3.63, 3.8) is 0 Å². The molecule has 7 heteroatoms. The van der Waals surface area contributed by atoms with Gasteiger partial charge in [0.15, 0.2) is 0 Å². The van der Waals surface area contributed by atoms with Gasteiger partial charge in [-0.05, 0) is 76.4 Å². The molecule has 162 valence electrons. The van der Waals surface area contributed by atoms with E-state index in [1.807, 2.05) is 6.92 Å². The summed E-state index contributed by atoms with van der Waals surface area (Å²) in [6, 6.07) is 4.92. The van der Waals surface area contributed by atoms with E-state index in [0.717, 1.165) is 57.3 Å². The molecule has 2 saturated heterocycles. The second kappa shape index (κ2) is 10.5. The van der Waals surface area contributed by atoms with Crippen LogP contribution in [-0.2, 0) is 10.0 Å². The summed E-state index contributed by atoms with van der Waals surface area (Å²) >= 11 is 0. The van der Waals surface area contributed by atoms with Crippen LogP contribution in [0.3, 0.4) is 0 Å². The molecular weight excluding hydrogens is 386 g/mol. The van der Waals surface area contributed by atoms with Crippen LogP contribution in [0.1, 0.15) is 67.3 Å². The molecule has 2 fully saturated rings. The maximum atomic E-state index is 13.1. The second-order valence-corrected chi connectivity index (χ2v) is 10.2. The molecule has 0 atom stereocenters. The van der Waals surface area contributed by atoms with Crippen molar-refractivity contribution in [1.29, 1.82) is 0 Å². The zero-order valence-corrected chi connectivity index (χ0v) is 18.5. The van der Waals surface area contributed by atoms with Crippen LogP contribution < -0.4 is 5.32 Å². The third kappa shape index (κ3) is 6.03. The van der Waals surface area contributed by atoms with Crippen molar-refractivity contribution in [2.75, 3.05) is 39.3 Å². The molecule has 1 N–H and O–H groups in total. The summed E-state index contributed by atoms with van der Waals surface area (Å²) < 4.78 is 27.7. The minimum atomic E-state index is -3.55. The van der Waals surface area contributed by atoms with E-state index in [0.29, 0.717) is 25.2 Å². The van der Waals surface area contributed by atoms with Gasteiger partial charge in [-0.25, -0.2) is 8.42 Å². The minimum Gasteiger partial charge on any atom is -0.352 e. The van der Waals surface area contributed by atoms with E-state index >= 15 is 0 Å². The number of likely N-dealkylation sites (tertiary alicyclic amines) is 1. The molecular formula is C22H35N3O3S. The number of carbonyl (C=O) groups is 1. The Morgan fingerprint density at radius 3 is 2.28 bits per heavy atom. The van der Waals surface area contributed by atoms with E-state index in [1.165, 1.54) is 19.3 Å². The Morgan fingerprint density at radius 2 is 1.59 bits per heavy atom. The van der Waals surface area contributed by atoms with E-state index in [1.54, 1.807) is 22.5 Å². The molecule has 0 radical (unpaired) electrons. The van der Waals surface area contributed by atoms with Crippen LogP contribution in [0.2, 0.25) is 0 Å². The number of amides is 1. The summed E-state index contributed by atoms with van der Waals surface area (Å²) in [6.07, 6.45) is 8.72. The average molecular weight is 422 g/mol. The summed E-state index contributed by atoms with van der Waals surface area (Å²) in [5.74, 6) is -0.186. The highest BCUT2D eigenvalue weighted by Gasteiger charge is 2.26. The zero-order chi connectivity index (χ0) is 20.7. The van der Waals surface area contributed by atoms with Crippen molar-refractivity contribution >= 4 is 15.9 Å². The fourth-order valence-electron chi connectivity index (χ4n) is 4.22. The lowest BCUT2D eigenvalue weighted by Crippen LogP contribution is -2.34. The monoisotopic (exact) mass is 421 g/mol. The zero-order valence-electron chi connectivity index (χ0n) is 17.7. The summed E-state index contributed by atoms with van der Waals surface area (Å²) in [6.45, 7) is 6.90. The summed E-state index contributed by atoms with van der Waals surface area (Å²) in [4.78, 5) is 15.4. The molecule has 29 heavy (non-hydrogen) atoms. The standard InChI is InChI=1S/C22H35N3O3S/c1-19-10-11-20(29(27,28)25-16-7-2-3-8-17-25)18-21(19)22(26)23-12-9-15-24-13-5-4-6-14-24/h10-11,18H,2-9,12-17H2,1H3,(H,23,26). The average Bonchev–Trinajstić information content (AvgIpc) is 3.02. The Morgan fingerprint density at radius 1 is 0.966 bits per heavy atom. The van der Waals surface area contributed by atoms with Gasteiger partial charge in [-0.3, -0.25) is 4.79 Å². The molecule has 2 aliphatic heterocycles. The van der Waals surface area contributed by atoms with Crippen LogP contribution in [0.5, 0.6) is 0 Å². The van der Waals surface area contributed by atoms with Gasteiger partial charge in [-0.15, -0.1) is 0 Å². The molecule has 3 rings (SSSR count). The van der Waals surface area contributed by atoms with E-state index in [9.17, 15) is 13.2 Å². The quantitative estimate of drug-likeness (QED) is 0.687. The molecule has 1 amide bonds. The number of rotatable bonds is 7. The molecule has 2 heterocycles. The normalized spacial score (nSPS) is 19.6. The van der Waals surface area contributed by atoms with Gasteiger partial charge in [0, 0.05) is 25.2 Å². The Hall–Kier alpha value is -1.44. The SMILES string of the molecule is Cc1ccc(S(=O)(=O)N2CCCCCC2)cc1C(=O)NCCCN1CCCCC1. The van der Waals surface area contributed by atoms with Gasteiger partial charge in [0.05, 0.1) is 4.90 Å². The Kier molecular flexibility index (Phi) is 8.09. The Labute approximate surface area is 175 Å². The van der Waals surface area contributed by atoms with E-state index in [2.05, 4.69) is 10.2 Å². The number of sulfonamides is 1. The van der Waals surface area contributed by atoms with Gasteiger partial charge < -0.3 is 10.2 Å². The van der Waals surface area contributed by atoms with Crippen LogP contribution in [-0.4, -0.2) is 62.8 Å². The maximum Gasteiger partial charge on any atom is 0.251 e. The lowest BCUT2D eigenvalue weighted by Gasteiger charge is -2.26. The van der Waals surface area contributed by atoms with Crippen molar-refractivity contribution < 1.29 is 13.2 Å². The number of nitrogens with one attached hydrogen (secondary N) is 1. The number of piperidine rings is 1. The summed E-state index contributed by atoms with van der Waals surface area (Å²) in [5.41, 5.74) is 1.26. The van der Waals surface area contributed by atoms with Crippen molar-refractivity contribution in [3.8, 4) is 0 Å². The highest BCUT2D eigenvalue weighted by molar-refractivity contribution is 7.89. The first-order valence-corrected chi connectivity index (χ1v) is 12.5. The predicted octanol–water partition coefficient (Wildman–Crippen LogP) is 3.17. The number of carbonyl (C=O) groups excluding carboxylic acids is 1. The highest BCUT2D eigenvalue weighted by atomic mass is 32.2. The van der Waals surface area contributed by atoms with Gasteiger partial charge in [0.1, 0.15) is 0 Å². The van der Waals surface area contributed by atoms with Crippen LogP contribution in [0.25, 0.3) is 0 Å².